The largest absolute Gasteiger partial charge is 0.368 e. The molecule has 6 N–H and O–H groups in total. The molecule has 0 spiro atoms. The Morgan fingerprint density at radius 1 is 1.48 bits per heavy atom. The minimum Gasteiger partial charge on any atom is -0.368 e. The van der Waals surface area contributed by atoms with Crippen LogP contribution in [0.5, 0.6) is 0 Å². The molecule has 0 aliphatic rings. The van der Waals surface area contributed by atoms with Crippen LogP contribution < -0.4 is 21.7 Å². The lowest BCUT2D eigenvalue weighted by Crippen LogP contribution is -2.47. The number of nitrogens with zero attached hydrogens (tertiary/aromatic N) is 2. The van der Waals surface area contributed by atoms with E-state index >= 15 is 0 Å². The molecule has 0 fully saturated rings. The van der Waals surface area contributed by atoms with Crippen LogP contribution in [0.3, 0.4) is 0 Å². The van der Waals surface area contributed by atoms with Gasteiger partial charge in [-0.1, -0.05) is 13.8 Å². The van der Waals surface area contributed by atoms with E-state index in [1.165, 1.54) is 15.7 Å². The molecule has 0 aromatic carbocycles. The van der Waals surface area contributed by atoms with Gasteiger partial charge in [0.15, 0.2) is 10.8 Å². The number of hydrogen-bond donors (Lipinski definition) is 4. The molecule has 0 aliphatic heterocycles. The topological polar surface area (TPSA) is 145 Å². The van der Waals surface area contributed by atoms with Gasteiger partial charge in [0.2, 0.25) is 10.9 Å². The molecule has 9 nitrogen and oxygen atoms in total. The van der Waals surface area contributed by atoms with Crippen LogP contribution in [0, 0.1) is 5.92 Å². The zero-order valence-corrected chi connectivity index (χ0v) is 13.0. The molecule has 1 unspecified atom stereocenters. The van der Waals surface area contributed by atoms with Crippen LogP contribution in [0.25, 0.3) is 4.96 Å². The Bertz CT molecular complexity index is 763. The first-order valence-corrected chi connectivity index (χ1v) is 8.38. The van der Waals surface area contributed by atoms with Gasteiger partial charge >= 0.3 is 0 Å². The second kappa shape index (κ2) is 5.60. The van der Waals surface area contributed by atoms with Crippen LogP contribution >= 0.6 is 11.3 Å². The Morgan fingerprint density at radius 2 is 2.14 bits per heavy atom. The second-order valence-corrected chi connectivity index (χ2v) is 7.21. The van der Waals surface area contributed by atoms with Gasteiger partial charge in [0.25, 0.3) is 10.0 Å². The summed E-state index contributed by atoms with van der Waals surface area (Å²) in [5.41, 5.74) is 7.48. The van der Waals surface area contributed by atoms with Crippen molar-refractivity contribution in [3.8, 4) is 0 Å². The van der Waals surface area contributed by atoms with Crippen molar-refractivity contribution in [1.29, 1.82) is 0 Å². The molecule has 0 saturated carbocycles. The van der Waals surface area contributed by atoms with E-state index in [-0.39, 0.29) is 16.8 Å². The van der Waals surface area contributed by atoms with Crippen LogP contribution in [-0.2, 0) is 14.8 Å². The second-order valence-electron chi connectivity index (χ2n) is 4.71. The summed E-state index contributed by atoms with van der Waals surface area (Å²) in [4.78, 5) is 15.9. The van der Waals surface area contributed by atoms with Gasteiger partial charge in [-0.15, -0.1) is 11.3 Å². The standard InChI is InChI=1S/C10H16N6O3S2/c1-5(2)6(7(11)17)15-21(18,19)9-8(14-12)13-10-16(9)3-4-20-10/h3-6,14-15H,12H2,1-2H3,(H2,11,17). The van der Waals surface area contributed by atoms with Crippen LogP contribution in [-0.4, -0.2) is 29.8 Å². The molecule has 2 aromatic heterocycles. The van der Waals surface area contributed by atoms with Gasteiger partial charge in [-0.3, -0.25) is 9.20 Å². The number of thiazole rings is 1. The van der Waals surface area contributed by atoms with E-state index in [9.17, 15) is 13.2 Å². The summed E-state index contributed by atoms with van der Waals surface area (Å²) >= 11 is 1.26. The lowest BCUT2D eigenvalue weighted by Gasteiger charge is -2.18. The van der Waals surface area contributed by atoms with E-state index in [1.54, 1.807) is 25.4 Å². The van der Waals surface area contributed by atoms with Crippen molar-refractivity contribution < 1.29 is 13.2 Å². The Morgan fingerprint density at radius 3 is 2.67 bits per heavy atom. The number of primary amides is 1. The van der Waals surface area contributed by atoms with E-state index < -0.39 is 22.0 Å². The van der Waals surface area contributed by atoms with Gasteiger partial charge in [-0.2, -0.15) is 9.71 Å². The highest BCUT2D eigenvalue weighted by atomic mass is 32.2. The van der Waals surface area contributed by atoms with E-state index in [1.807, 2.05) is 0 Å². The maximum absolute atomic E-state index is 12.5. The Balaban J connectivity index is 2.51. The lowest BCUT2D eigenvalue weighted by atomic mass is 10.1. The summed E-state index contributed by atoms with van der Waals surface area (Å²) in [5, 5.41) is 1.53. The molecule has 0 saturated heterocycles. The molecule has 11 heteroatoms. The average Bonchev–Trinajstić information content (AvgIpc) is 2.94. The third kappa shape index (κ3) is 2.85. The fraction of sp³-hybridized carbons (Fsp3) is 0.400. The zero-order chi connectivity index (χ0) is 15.8. The van der Waals surface area contributed by atoms with Gasteiger partial charge in [0.05, 0.1) is 0 Å². The number of nitrogens with one attached hydrogen (secondary N) is 2. The summed E-state index contributed by atoms with van der Waals surface area (Å²) in [6.45, 7) is 3.38. The van der Waals surface area contributed by atoms with Gasteiger partial charge < -0.3 is 11.2 Å². The smallest absolute Gasteiger partial charge is 0.261 e. The summed E-state index contributed by atoms with van der Waals surface area (Å²) in [7, 11) is -4.03. The summed E-state index contributed by atoms with van der Waals surface area (Å²) in [6.07, 6.45) is 1.55. The quantitative estimate of drug-likeness (QED) is 0.413. The number of fused-ring (bicyclic) bond motifs is 1. The summed E-state index contributed by atoms with van der Waals surface area (Å²) in [5.74, 6) is 4.27. The highest BCUT2D eigenvalue weighted by Crippen LogP contribution is 2.25. The number of amides is 1. The number of hydrogen-bond acceptors (Lipinski definition) is 7. The molecule has 2 rings (SSSR count). The monoisotopic (exact) mass is 332 g/mol. The van der Waals surface area contributed by atoms with E-state index in [4.69, 9.17) is 11.6 Å². The number of carbonyl (C=O) groups excluding carboxylic acids is 1. The van der Waals surface area contributed by atoms with Crippen molar-refractivity contribution in [1.82, 2.24) is 14.1 Å². The van der Waals surface area contributed by atoms with Crippen molar-refractivity contribution >= 4 is 38.0 Å². The Labute approximate surface area is 125 Å². The average molecular weight is 332 g/mol. The SMILES string of the molecule is CC(C)C(NS(=O)(=O)c1c(NN)nc2sccn12)C(N)=O. The number of carbonyl (C=O) groups is 1. The summed E-state index contributed by atoms with van der Waals surface area (Å²) in [6, 6.07) is -1.02. The molecule has 0 bridgehead atoms. The van der Waals surface area contributed by atoms with Gasteiger partial charge in [-0.05, 0) is 5.92 Å². The van der Waals surface area contributed by atoms with Crippen molar-refractivity contribution in [2.45, 2.75) is 24.9 Å². The minimum absolute atomic E-state index is 0.00123. The van der Waals surface area contributed by atoms with Crippen molar-refractivity contribution in [3.63, 3.8) is 0 Å². The lowest BCUT2D eigenvalue weighted by molar-refractivity contribution is -0.120. The number of hydrazine groups is 1. The highest BCUT2D eigenvalue weighted by molar-refractivity contribution is 7.89. The van der Waals surface area contributed by atoms with Crippen molar-refractivity contribution in [2.24, 2.45) is 17.5 Å². The van der Waals surface area contributed by atoms with Gasteiger partial charge in [0.1, 0.15) is 6.04 Å². The van der Waals surface area contributed by atoms with E-state index in [2.05, 4.69) is 15.1 Å². The predicted molar refractivity (Wildman–Crippen MR) is 79.0 cm³/mol. The first-order chi connectivity index (χ1) is 9.77. The number of nitrogen functional groups attached to an aromatic ring is 1. The summed E-state index contributed by atoms with van der Waals surface area (Å²) < 4.78 is 28.7. The number of rotatable bonds is 6. The van der Waals surface area contributed by atoms with Crippen LogP contribution in [0.1, 0.15) is 13.8 Å². The van der Waals surface area contributed by atoms with Crippen LogP contribution in [0.4, 0.5) is 5.82 Å². The molecule has 0 radical (unpaired) electrons. The minimum atomic E-state index is -4.03. The molecule has 1 atom stereocenters. The maximum atomic E-state index is 12.5. The molecule has 116 valence electrons. The number of nitrogens with two attached hydrogens (primary N) is 2. The van der Waals surface area contributed by atoms with Crippen molar-refractivity contribution in [2.75, 3.05) is 5.43 Å². The maximum Gasteiger partial charge on any atom is 0.261 e. The van der Waals surface area contributed by atoms with Crippen molar-refractivity contribution in [3.05, 3.63) is 11.6 Å². The third-order valence-corrected chi connectivity index (χ3v) is 5.08. The van der Waals surface area contributed by atoms with Crippen LogP contribution in [0.2, 0.25) is 0 Å². The molecule has 2 aromatic rings. The number of anilines is 1. The first-order valence-electron chi connectivity index (χ1n) is 6.01. The molecular formula is C10H16N6O3S2. The van der Waals surface area contributed by atoms with E-state index in [0.717, 1.165) is 0 Å². The van der Waals surface area contributed by atoms with Gasteiger partial charge in [-0.25, -0.2) is 14.3 Å². The van der Waals surface area contributed by atoms with Crippen LogP contribution in [0.15, 0.2) is 16.6 Å². The number of aromatic nitrogens is 2. The third-order valence-electron chi connectivity index (χ3n) is 2.86. The fourth-order valence-electron chi connectivity index (χ4n) is 1.86. The molecular weight excluding hydrogens is 316 g/mol. The first kappa shape index (κ1) is 15.7. The molecule has 2 heterocycles. The molecule has 0 aliphatic carbocycles. The van der Waals surface area contributed by atoms with Gasteiger partial charge in [0, 0.05) is 11.6 Å². The van der Waals surface area contributed by atoms with E-state index in [0.29, 0.717) is 4.96 Å². The fourth-order valence-corrected chi connectivity index (χ4v) is 4.23. The Hall–Kier alpha value is -1.69. The molecule has 21 heavy (non-hydrogen) atoms. The Kier molecular flexibility index (Phi) is 4.18. The highest BCUT2D eigenvalue weighted by Gasteiger charge is 2.31. The number of sulfonamides is 1. The molecule has 1 amide bonds. The zero-order valence-electron chi connectivity index (χ0n) is 11.4. The number of imidazole rings is 1. The predicted octanol–water partition coefficient (Wildman–Crippen LogP) is -0.530. The normalized spacial score (nSPS) is 13.7.